The second kappa shape index (κ2) is 6.81. The van der Waals surface area contributed by atoms with Crippen molar-refractivity contribution in [2.45, 2.75) is 31.7 Å². The van der Waals surface area contributed by atoms with Crippen LogP contribution in [0.1, 0.15) is 36.6 Å². The molecule has 2 fully saturated rings. The molecule has 0 spiro atoms. The molecule has 5 nitrogen and oxygen atoms in total. The first-order valence-corrected chi connectivity index (χ1v) is 9.52. The van der Waals surface area contributed by atoms with E-state index in [0.29, 0.717) is 0 Å². The molecule has 2 aliphatic heterocycles. The number of amides is 2. The minimum atomic E-state index is -0.0145. The van der Waals surface area contributed by atoms with Crippen LogP contribution in [0.3, 0.4) is 0 Å². The fourth-order valence-corrected chi connectivity index (χ4v) is 4.52. The van der Waals surface area contributed by atoms with Crippen LogP contribution >= 0.6 is 11.3 Å². The number of carbonyl (C=O) groups is 1. The van der Waals surface area contributed by atoms with Gasteiger partial charge in [0.25, 0.3) is 0 Å². The second-order valence-corrected chi connectivity index (χ2v) is 7.34. The van der Waals surface area contributed by atoms with E-state index in [1.165, 1.54) is 17.7 Å². The third-order valence-corrected chi connectivity index (χ3v) is 5.79. The maximum atomic E-state index is 12.9. The molecule has 0 radical (unpaired) electrons. The monoisotopic (exact) mass is 342 g/mol. The van der Waals surface area contributed by atoms with Crippen LogP contribution in [0.4, 0.5) is 16.3 Å². The lowest BCUT2D eigenvalue weighted by atomic mass is 10.2. The van der Waals surface area contributed by atoms with Gasteiger partial charge in [-0.1, -0.05) is 6.07 Å². The number of nitrogens with one attached hydrogen (secondary N) is 1. The molecule has 0 saturated carbocycles. The van der Waals surface area contributed by atoms with E-state index < -0.39 is 0 Å². The molecular weight excluding hydrogens is 320 g/mol. The minimum absolute atomic E-state index is 0.0145. The Morgan fingerprint density at radius 3 is 2.83 bits per heavy atom. The van der Waals surface area contributed by atoms with E-state index in [9.17, 15) is 4.79 Å². The Morgan fingerprint density at radius 1 is 1.17 bits per heavy atom. The zero-order chi connectivity index (χ0) is 16.4. The zero-order valence-electron chi connectivity index (χ0n) is 13.6. The molecule has 4 heterocycles. The summed E-state index contributed by atoms with van der Waals surface area (Å²) in [4.78, 5) is 22.9. The van der Waals surface area contributed by atoms with E-state index in [1.54, 1.807) is 17.5 Å². The largest absolute Gasteiger partial charge is 0.355 e. The summed E-state index contributed by atoms with van der Waals surface area (Å²) in [5.41, 5.74) is 0.821. The first kappa shape index (κ1) is 15.4. The molecule has 2 aromatic heterocycles. The van der Waals surface area contributed by atoms with Crippen molar-refractivity contribution in [1.82, 2.24) is 9.88 Å². The van der Waals surface area contributed by atoms with Gasteiger partial charge in [0.05, 0.1) is 11.7 Å². The van der Waals surface area contributed by atoms with Gasteiger partial charge in [0.2, 0.25) is 0 Å². The molecule has 126 valence electrons. The van der Waals surface area contributed by atoms with Crippen molar-refractivity contribution in [3.8, 4) is 0 Å². The number of rotatable bonds is 3. The number of aromatic nitrogens is 1. The van der Waals surface area contributed by atoms with Crippen LogP contribution in [0.2, 0.25) is 0 Å². The number of hydrogen-bond acceptors (Lipinski definition) is 4. The molecule has 2 saturated heterocycles. The third kappa shape index (κ3) is 2.98. The van der Waals surface area contributed by atoms with Crippen molar-refractivity contribution in [2.24, 2.45) is 0 Å². The molecule has 1 atom stereocenters. The molecule has 0 aromatic carbocycles. The molecular formula is C18H22N4OS. The van der Waals surface area contributed by atoms with E-state index >= 15 is 0 Å². The molecule has 1 N–H and O–H groups in total. The van der Waals surface area contributed by atoms with Gasteiger partial charge in [-0.15, -0.1) is 11.3 Å². The maximum Gasteiger partial charge on any atom is 0.322 e. The first-order valence-electron chi connectivity index (χ1n) is 8.64. The lowest BCUT2D eigenvalue weighted by Crippen LogP contribution is -2.34. The van der Waals surface area contributed by atoms with Crippen molar-refractivity contribution >= 4 is 28.9 Å². The number of nitrogens with zero attached hydrogens (tertiary/aromatic N) is 3. The first-order chi connectivity index (χ1) is 11.8. The Balaban J connectivity index is 1.52. The molecule has 6 heteroatoms. The minimum Gasteiger partial charge on any atom is -0.355 e. The molecule has 24 heavy (non-hydrogen) atoms. The van der Waals surface area contributed by atoms with Gasteiger partial charge in [0.1, 0.15) is 0 Å². The lowest BCUT2D eigenvalue weighted by molar-refractivity contribution is 0.208. The van der Waals surface area contributed by atoms with Gasteiger partial charge in [-0.2, -0.15) is 0 Å². The fourth-order valence-electron chi connectivity index (χ4n) is 3.65. The summed E-state index contributed by atoms with van der Waals surface area (Å²) < 4.78 is 0. The van der Waals surface area contributed by atoms with Crippen LogP contribution in [-0.2, 0) is 0 Å². The molecule has 4 rings (SSSR count). The van der Waals surface area contributed by atoms with Crippen LogP contribution in [0.15, 0.2) is 35.8 Å². The highest BCUT2D eigenvalue weighted by Gasteiger charge is 2.31. The van der Waals surface area contributed by atoms with Gasteiger partial charge in [0.15, 0.2) is 5.82 Å². The van der Waals surface area contributed by atoms with Gasteiger partial charge < -0.3 is 15.1 Å². The summed E-state index contributed by atoms with van der Waals surface area (Å²) in [7, 11) is 0. The third-order valence-electron chi connectivity index (χ3n) is 4.82. The lowest BCUT2D eigenvalue weighted by Gasteiger charge is -2.26. The summed E-state index contributed by atoms with van der Waals surface area (Å²) in [6.45, 7) is 2.84. The summed E-state index contributed by atoms with van der Waals surface area (Å²) in [6, 6.07) is 8.21. The number of urea groups is 1. The molecule has 2 amide bonds. The maximum absolute atomic E-state index is 12.9. The Bertz CT molecular complexity index is 697. The molecule has 0 aliphatic carbocycles. The van der Waals surface area contributed by atoms with Crippen LogP contribution in [-0.4, -0.2) is 35.5 Å². The SMILES string of the molecule is O=C(Nc1cccnc1N1CCCC1)N1CCC[C@H]1c1cccs1. The summed E-state index contributed by atoms with van der Waals surface area (Å²) in [6.07, 6.45) is 6.28. The van der Waals surface area contributed by atoms with Gasteiger partial charge in [0, 0.05) is 30.7 Å². The smallest absolute Gasteiger partial charge is 0.322 e. The number of hydrogen-bond donors (Lipinski definition) is 1. The fraction of sp³-hybridized carbons (Fsp3) is 0.444. The van der Waals surface area contributed by atoms with Crippen LogP contribution in [0, 0.1) is 0 Å². The number of thiophene rings is 1. The Morgan fingerprint density at radius 2 is 2.04 bits per heavy atom. The van der Waals surface area contributed by atoms with E-state index in [1.807, 2.05) is 17.0 Å². The summed E-state index contributed by atoms with van der Waals surface area (Å²) >= 11 is 1.73. The molecule has 2 aromatic rings. The van der Waals surface area contributed by atoms with Crippen molar-refractivity contribution in [3.63, 3.8) is 0 Å². The van der Waals surface area contributed by atoms with Crippen molar-refractivity contribution in [3.05, 3.63) is 40.7 Å². The zero-order valence-corrected chi connectivity index (χ0v) is 14.5. The number of likely N-dealkylation sites (tertiary alicyclic amines) is 1. The Labute approximate surface area is 146 Å². The normalized spacial score (nSPS) is 20.6. The predicted molar refractivity (Wildman–Crippen MR) is 97.7 cm³/mol. The van der Waals surface area contributed by atoms with Crippen molar-refractivity contribution < 1.29 is 4.79 Å². The van der Waals surface area contributed by atoms with Gasteiger partial charge >= 0.3 is 6.03 Å². The quantitative estimate of drug-likeness (QED) is 0.913. The van der Waals surface area contributed by atoms with Gasteiger partial charge in [-0.05, 0) is 49.3 Å². The average Bonchev–Trinajstić information content (AvgIpc) is 3.35. The number of anilines is 2. The molecule has 2 aliphatic rings. The Kier molecular flexibility index (Phi) is 4.38. The van der Waals surface area contributed by atoms with Crippen LogP contribution < -0.4 is 10.2 Å². The highest BCUT2D eigenvalue weighted by molar-refractivity contribution is 7.10. The van der Waals surface area contributed by atoms with E-state index in [4.69, 9.17) is 0 Å². The van der Waals surface area contributed by atoms with Gasteiger partial charge in [-0.3, -0.25) is 0 Å². The van der Waals surface area contributed by atoms with E-state index in [2.05, 4.69) is 32.7 Å². The van der Waals surface area contributed by atoms with Crippen molar-refractivity contribution in [2.75, 3.05) is 29.9 Å². The average molecular weight is 342 g/mol. The van der Waals surface area contributed by atoms with Gasteiger partial charge in [-0.25, -0.2) is 9.78 Å². The predicted octanol–water partition coefficient (Wildman–Crippen LogP) is 4.11. The van der Waals surface area contributed by atoms with E-state index in [0.717, 1.165) is 44.0 Å². The molecule has 0 bridgehead atoms. The van der Waals surface area contributed by atoms with Crippen LogP contribution in [0.5, 0.6) is 0 Å². The second-order valence-electron chi connectivity index (χ2n) is 6.37. The molecule has 0 unspecified atom stereocenters. The highest BCUT2D eigenvalue weighted by atomic mass is 32.1. The standard InChI is InChI=1S/C18H22N4OS/c23-18(22-12-4-7-15(22)16-8-5-13-24-16)20-14-6-3-9-19-17(14)21-10-1-2-11-21/h3,5-6,8-9,13,15H,1-2,4,7,10-12H2,(H,20,23)/t15-/m0/s1. The van der Waals surface area contributed by atoms with Crippen LogP contribution in [0.25, 0.3) is 0 Å². The Hall–Kier alpha value is -2.08. The number of pyridine rings is 1. The summed E-state index contributed by atoms with van der Waals surface area (Å²) in [5.74, 6) is 0.898. The topological polar surface area (TPSA) is 48.5 Å². The number of carbonyl (C=O) groups excluding carboxylic acids is 1. The summed E-state index contributed by atoms with van der Waals surface area (Å²) in [5, 5.41) is 5.19. The van der Waals surface area contributed by atoms with Crippen molar-refractivity contribution in [1.29, 1.82) is 0 Å². The van der Waals surface area contributed by atoms with E-state index in [-0.39, 0.29) is 12.1 Å². The highest BCUT2D eigenvalue weighted by Crippen LogP contribution is 2.35.